The molecule has 1 aliphatic rings. The van der Waals surface area contributed by atoms with E-state index in [9.17, 15) is 9.18 Å². The van der Waals surface area contributed by atoms with Crippen LogP contribution in [0.15, 0.2) is 65.7 Å². The lowest BCUT2D eigenvalue weighted by atomic mass is 10.1. The molecule has 1 aromatic heterocycles. The van der Waals surface area contributed by atoms with Gasteiger partial charge in [-0.15, -0.1) is 11.3 Å². The third-order valence-corrected chi connectivity index (χ3v) is 4.57. The van der Waals surface area contributed by atoms with Crippen LogP contribution in [0.4, 0.5) is 4.39 Å². The molecule has 0 spiro atoms. The zero-order chi connectivity index (χ0) is 17.2. The molecule has 0 N–H and O–H groups in total. The molecule has 2 aromatic carbocycles. The molecule has 0 atom stereocenters. The van der Waals surface area contributed by atoms with E-state index < -0.39 is 0 Å². The van der Waals surface area contributed by atoms with Crippen molar-refractivity contribution in [3.05, 3.63) is 87.6 Å². The topological polar surface area (TPSA) is 35.5 Å². The van der Waals surface area contributed by atoms with E-state index in [4.69, 9.17) is 9.47 Å². The average molecular weight is 352 g/mol. The molecule has 124 valence electrons. The summed E-state index contributed by atoms with van der Waals surface area (Å²) in [5, 5.41) is 1.94. The number of rotatable bonds is 4. The molecule has 4 rings (SSSR count). The number of carbonyl (C=O) groups excluding carboxylic acids is 1. The van der Waals surface area contributed by atoms with E-state index in [1.807, 2.05) is 17.5 Å². The Kier molecular flexibility index (Phi) is 4.07. The fourth-order valence-corrected chi connectivity index (χ4v) is 3.20. The number of ether oxygens (including phenoxy) is 2. The Morgan fingerprint density at radius 3 is 2.84 bits per heavy atom. The van der Waals surface area contributed by atoms with Gasteiger partial charge in [0.05, 0.1) is 5.56 Å². The molecule has 0 aliphatic carbocycles. The van der Waals surface area contributed by atoms with Crippen LogP contribution >= 0.6 is 11.3 Å². The van der Waals surface area contributed by atoms with Crippen LogP contribution in [0, 0.1) is 5.82 Å². The molecule has 25 heavy (non-hydrogen) atoms. The van der Waals surface area contributed by atoms with Crippen molar-refractivity contribution in [3.63, 3.8) is 0 Å². The largest absolute Gasteiger partial charge is 0.489 e. The Morgan fingerprint density at radius 1 is 1.12 bits per heavy atom. The second-order valence-electron chi connectivity index (χ2n) is 5.53. The standard InChI is InChI=1S/C20H13FO3S/c21-14-4-1-3-13(9-14)12-23-15-6-7-17-18(10-15)24-19(20(17)22)11-16-5-2-8-25-16/h1-11H,12H2/b19-11-. The summed E-state index contributed by atoms with van der Waals surface area (Å²) in [4.78, 5) is 13.3. The van der Waals surface area contributed by atoms with E-state index in [1.165, 1.54) is 23.5 Å². The third kappa shape index (κ3) is 3.32. The van der Waals surface area contributed by atoms with E-state index in [1.54, 1.807) is 36.4 Å². The number of hydrogen-bond acceptors (Lipinski definition) is 4. The number of thiophene rings is 1. The van der Waals surface area contributed by atoms with Gasteiger partial charge in [0.2, 0.25) is 5.78 Å². The van der Waals surface area contributed by atoms with Gasteiger partial charge in [0, 0.05) is 17.0 Å². The average Bonchev–Trinajstić information content (AvgIpc) is 3.22. The maximum atomic E-state index is 13.2. The summed E-state index contributed by atoms with van der Waals surface area (Å²) >= 11 is 1.54. The van der Waals surface area contributed by atoms with Crippen molar-refractivity contribution in [3.8, 4) is 11.5 Å². The number of hydrogen-bond donors (Lipinski definition) is 0. The first-order chi connectivity index (χ1) is 12.2. The fourth-order valence-electron chi connectivity index (χ4n) is 2.55. The lowest BCUT2D eigenvalue weighted by molar-refractivity contribution is 0.101. The Labute approximate surface area is 148 Å². The molecule has 0 bridgehead atoms. The van der Waals surface area contributed by atoms with Gasteiger partial charge in [-0.2, -0.15) is 0 Å². The van der Waals surface area contributed by atoms with Crippen molar-refractivity contribution in [2.45, 2.75) is 6.61 Å². The molecule has 0 radical (unpaired) electrons. The Balaban J connectivity index is 1.51. The van der Waals surface area contributed by atoms with Crippen molar-refractivity contribution in [2.24, 2.45) is 0 Å². The van der Waals surface area contributed by atoms with Crippen LogP contribution in [0.5, 0.6) is 11.5 Å². The number of Topliss-reactive ketones (excluding diaryl/α,β-unsaturated/α-hetero) is 1. The lowest BCUT2D eigenvalue weighted by Crippen LogP contribution is -1.97. The summed E-state index contributed by atoms with van der Waals surface area (Å²) in [6, 6.07) is 15.2. The zero-order valence-corrected chi connectivity index (χ0v) is 13.9. The summed E-state index contributed by atoms with van der Waals surface area (Å²) in [5.41, 5.74) is 1.25. The highest BCUT2D eigenvalue weighted by Crippen LogP contribution is 2.35. The van der Waals surface area contributed by atoms with Gasteiger partial charge in [-0.1, -0.05) is 18.2 Å². The number of allylic oxidation sites excluding steroid dienone is 1. The van der Waals surface area contributed by atoms with Crippen molar-refractivity contribution in [1.29, 1.82) is 0 Å². The quantitative estimate of drug-likeness (QED) is 0.614. The van der Waals surface area contributed by atoms with Gasteiger partial charge in [0.15, 0.2) is 5.76 Å². The van der Waals surface area contributed by atoms with Gasteiger partial charge in [-0.05, 0) is 41.3 Å². The molecule has 3 aromatic rings. The highest BCUT2D eigenvalue weighted by Gasteiger charge is 2.27. The second-order valence-corrected chi connectivity index (χ2v) is 6.51. The Hall–Kier alpha value is -2.92. The van der Waals surface area contributed by atoms with E-state index in [-0.39, 0.29) is 18.2 Å². The van der Waals surface area contributed by atoms with E-state index in [0.717, 1.165) is 10.4 Å². The van der Waals surface area contributed by atoms with Gasteiger partial charge in [0.25, 0.3) is 0 Å². The lowest BCUT2D eigenvalue weighted by Gasteiger charge is -2.07. The van der Waals surface area contributed by atoms with Crippen molar-refractivity contribution in [2.75, 3.05) is 0 Å². The molecule has 0 amide bonds. The molecule has 0 saturated carbocycles. The normalized spacial score (nSPS) is 14.4. The van der Waals surface area contributed by atoms with Gasteiger partial charge >= 0.3 is 0 Å². The number of fused-ring (bicyclic) bond motifs is 1. The minimum atomic E-state index is -0.299. The monoisotopic (exact) mass is 352 g/mol. The first-order valence-corrected chi connectivity index (χ1v) is 8.56. The molecule has 0 fully saturated rings. The predicted octanol–water partition coefficient (Wildman–Crippen LogP) is 5.08. The molecule has 3 nitrogen and oxygen atoms in total. The van der Waals surface area contributed by atoms with Crippen molar-refractivity contribution < 1.29 is 18.7 Å². The maximum absolute atomic E-state index is 13.2. The molecule has 2 heterocycles. The predicted molar refractivity (Wildman–Crippen MR) is 94.4 cm³/mol. The SMILES string of the molecule is O=C1/C(=C/c2cccs2)Oc2cc(OCc3cccc(F)c3)ccc21. The molecular formula is C20H13FO3S. The van der Waals surface area contributed by atoms with Gasteiger partial charge in [0.1, 0.15) is 23.9 Å². The third-order valence-electron chi connectivity index (χ3n) is 3.75. The summed E-state index contributed by atoms with van der Waals surface area (Å²) < 4.78 is 24.6. The fraction of sp³-hybridized carbons (Fsp3) is 0.0500. The van der Waals surface area contributed by atoms with Crippen LogP contribution < -0.4 is 9.47 Å². The van der Waals surface area contributed by atoms with Gasteiger partial charge in [-0.25, -0.2) is 4.39 Å². The van der Waals surface area contributed by atoms with Crippen LogP contribution in [0.25, 0.3) is 6.08 Å². The zero-order valence-electron chi connectivity index (χ0n) is 13.1. The summed E-state index contributed by atoms with van der Waals surface area (Å²) in [6.07, 6.45) is 1.74. The second kappa shape index (κ2) is 6.53. The Morgan fingerprint density at radius 2 is 2.04 bits per heavy atom. The minimum absolute atomic E-state index is 0.139. The van der Waals surface area contributed by atoms with Crippen LogP contribution in [-0.4, -0.2) is 5.78 Å². The van der Waals surface area contributed by atoms with E-state index >= 15 is 0 Å². The number of benzene rings is 2. The molecule has 1 aliphatic heterocycles. The number of carbonyl (C=O) groups is 1. The number of ketones is 1. The summed E-state index contributed by atoms with van der Waals surface area (Å²) in [5.74, 6) is 0.907. The smallest absolute Gasteiger partial charge is 0.232 e. The first-order valence-electron chi connectivity index (χ1n) is 7.68. The van der Waals surface area contributed by atoms with E-state index in [2.05, 4.69) is 0 Å². The Bertz CT molecular complexity index is 961. The number of halogens is 1. The first kappa shape index (κ1) is 15.6. The summed E-state index contributed by atoms with van der Waals surface area (Å²) in [7, 11) is 0. The van der Waals surface area contributed by atoms with Crippen LogP contribution in [-0.2, 0) is 6.61 Å². The molecular weight excluding hydrogens is 339 g/mol. The molecule has 0 saturated heterocycles. The highest BCUT2D eigenvalue weighted by molar-refractivity contribution is 7.10. The van der Waals surface area contributed by atoms with Crippen molar-refractivity contribution in [1.82, 2.24) is 0 Å². The van der Waals surface area contributed by atoms with Crippen LogP contribution in [0.1, 0.15) is 20.8 Å². The van der Waals surface area contributed by atoms with Gasteiger partial charge < -0.3 is 9.47 Å². The minimum Gasteiger partial charge on any atom is -0.489 e. The van der Waals surface area contributed by atoms with E-state index in [0.29, 0.717) is 22.8 Å². The molecule has 5 heteroatoms. The van der Waals surface area contributed by atoms with Gasteiger partial charge in [-0.3, -0.25) is 4.79 Å². The van der Waals surface area contributed by atoms with Crippen LogP contribution in [0.2, 0.25) is 0 Å². The van der Waals surface area contributed by atoms with Crippen molar-refractivity contribution >= 4 is 23.2 Å². The highest BCUT2D eigenvalue weighted by atomic mass is 32.1. The maximum Gasteiger partial charge on any atom is 0.232 e. The molecule has 0 unspecified atom stereocenters. The summed E-state index contributed by atoms with van der Waals surface area (Å²) in [6.45, 7) is 0.238. The van der Waals surface area contributed by atoms with Crippen LogP contribution in [0.3, 0.4) is 0 Å².